The number of carbonyl (C=O) groups is 1. The van der Waals surface area contributed by atoms with Crippen LogP contribution in [0, 0.1) is 11.8 Å². The molecule has 4 nitrogen and oxygen atoms in total. The molecule has 1 amide bonds. The highest BCUT2D eigenvalue weighted by Gasteiger charge is 2.18. The molecule has 0 aromatic rings. The van der Waals surface area contributed by atoms with Crippen LogP contribution in [0.3, 0.4) is 0 Å². The molecule has 0 fully saturated rings. The molecule has 0 heterocycles. The van der Waals surface area contributed by atoms with Crippen LogP contribution in [0.4, 0.5) is 0 Å². The monoisotopic (exact) mass is 272 g/mol. The summed E-state index contributed by atoms with van der Waals surface area (Å²) in [7, 11) is 4.11. The summed E-state index contributed by atoms with van der Waals surface area (Å²) in [5.74, 6) is 1.06. The number of hydrogen-bond acceptors (Lipinski definition) is 3. The van der Waals surface area contributed by atoms with Gasteiger partial charge in [0.05, 0.1) is 0 Å². The molecule has 0 bridgehead atoms. The van der Waals surface area contributed by atoms with Crippen molar-refractivity contribution in [2.45, 2.75) is 53.2 Å². The van der Waals surface area contributed by atoms with Crippen molar-refractivity contribution in [2.24, 2.45) is 11.8 Å². The van der Waals surface area contributed by atoms with E-state index < -0.39 is 0 Å². The van der Waals surface area contributed by atoms with Gasteiger partial charge >= 0.3 is 0 Å². The minimum atomic E-state index is -0.371. The summed E-state index contributed by atoms with van der Waals surface area (Å²) in [5, 5.41) is 2.99. The van der Waals surface area contributed by atoms with Gasteiger partial charge in [0.25, 0.3) is 0 Å². The van der Waals surface area contributed by atoms with Gasteiger partial charge in [-0.1, -0.05) is 27.7 Å². The summed E-state index contributed by atoms with van der Waals surface area (Å²) in [6.45, 7) is 11.7. The van der Waals surface area contributed by atoms with Gasteiger partial charge in [0.1, 0.15) is 6.10 Å². The molecule has 4 heteroatoms. The zero-order valence-electron chi connectivity index (χ0n) is 13.7. The van der Waals surface area contributed by atoms with Gasteiger partial charge in [0, 0.05) is 19.2 Å². The fourth-order valence-electron chi connectivity index (χ4n) is 1.80. The Morgan fingerprint density at radius 1 is 1.11 bits per heavy atom. The number of rotatable bonds is 9. The number of ether oxygens (including phenoxy) is 1. The molecule has 0 aliphatic heterocycles. The predicted molar refractivity (Wildman–Crippen MR) is 80.2 cm³/mol. The number of carbonyl (C=O) groups excluding carboxylic acids is 1. The Morgan fingerprint density at radius 3 is 2.11 bits per heavy atom. The summed E-state index contributed by atoms with van der Waals surface area (Å²) in [5.41, 5.74) is 0. The smallest absolute Gasteiger partial charge is 0.248 e. The zero-order valence-corrected chi connectivity index (χ0v) is 13.7. The molecule has 0 aliphatic rings. The van der Waals surface area contributed by atoms with E-state index in [1.165, 1.54) is 0 Å². The maximum atomic E-state index is 11.9. The van der Waals surface area contributed by atoms with E-state index in [1.54, 1.807) is 0 Å². The molecule has 19 heavy (non-hydrogen) atoms. The van der Waals surface area contributed by atoms with Crippen LogP contribution in [0.1, 0.15) is 41.0 Å². The molecule has 0 spiro atoms. The van der Waals surface area contributed by atoms with Crippen LogP contribution in [-0.2, 0) is 9.53 Å². The lowest BCUT2D eigenvalue weighted by molar-refractivity contribution is -0.132. The normalized spacial score (nSPS) is 15.1. The minimum Gasteiger partial charge on any atom is -0.368 e. The fourth-order valence-corrected chi connectivity index (χ4v) is 1.80. The number of hydrogen-bond donors (Lipinski definition) is 1. The van der Waals surface area contributed by atoms with Crippen LogP contribution in [0.25, 0.3) is 0 Å². The second-order valence-corrected chi connectivity index (χ2v) is 6.36. The molecule has 0 aliphatic carbocycles. The van der Waals surface area contributed by atoms with Crippen molar-refractivity contribution >= 4 is 5.91 Å². The standard InChI is InChI=1S/C15H32N2O2/c1-11(2)8-14(17(6)7)9-16-15(18)13(5)19-10-12(3)4/h11-14H,8-10H2,1-7H3,(H,16,18)/t13-,14-/m0/s1. The Bertz CT molecular complexity index is 253. The van der Waals surface area contributed by atoms with Gasteiger partial charge in [-0.25, -0.2) is 0 Å². The highest BCUT2D eigenvalue weighted by atomic mass is 16.5. The van der Waals surface area contributed by atoms with Crippen LogP contribution in [0.5, 0.6) is 0 Å². The van der Waals surface area contributed by atoms with Gasteiger partial charge < -0.3 is 15.0 Å². The average Bonchev–Trinajstić information content (AvgIpc) is 2.29. The molecular formula is C15H32N2O2. The Labute approximate surface area is 118 Å². The maximum Gasteiger partial charge on any atom is 0.248 e. The number of nitrogens with one attached hydrogen (secondary N) is 1. The van der Waals surface area contributed by atoms with E-state index in [-0.39, 0.29) is 12.0 Å². The van der Waals surface area contributed by atoms with Crippen molar-refractivity contribution in [3.63, 3.8) is 0 Å². The van der Waals surface area contributed by atoms with Gasteiger partial charge in [-0.3, -0.25) is 4.79 Å². The van der Waals surface area contributed by atoms with Gasteiger partial charge in [0.2, 0.25) is 5.91 Å². The maximum absolute atomic E-state index is 11.9. The summed E-state index contributed by atoms with van der Waals surface area (Å²) in [4.78, 5) is 14.1. The molecule has 1 N–H and O–H groups in total. The van der Waals surface area contributed by atoms with Gasteiger partial charge in [-0.15, -0.1) is 0 Å². The van der Waals surface area contributed by atoms with Crippen molar-refractivity contribution in [1.29, 1.82) is 0 Å². The number of amides is 1. The van der Waals surface area contributed by atoms with Crippen molar-refractivity contribution in [2.75, 3.05) is 27.2 Å². The molecule has 0 saturated heterocycles. The lowest BCUT2D eigenvalue weighted by Crippen LogP contribution is -2.44. The summed E-state index contributed by atoms with van der Waals surface area (Å²) in [6.07, 6.45) is 0.707. The molecule has 0 radical (unpaired) electrons. The van der Waals surface area contributed by atoms with Crippen molar-refractivity contribution in [1.82, 2.24) is 10.2 Å². The van der Waals surface area contributed by atoms with E-state index in [0.29, 0.717) is 31.0 Å². The third-order valence-corrected chi connectivity index (χ3v) is 3.03. The fraction of sp³-hybridized carbons (Fsp3) is 0.933. The molecule has 0 aromatic heterocycles. The quantitative estimate of drug-likeness (QED) is 0.699. The van der Waals surface area contributed by atoms with Crippen molar-refractivity contribution < 1.29 is 9.53 Å². The topological polar surface area (TPSA) is 41.6 Å². The molecule has 0 rings (SSSR count). The summed E-state index contributed by atoms with van der Waals surface area (Å²) < 4.78 is 5.51. The SMILES string of the molecule is CC(C)CO[C@@H](C)C(=O)NC[C@H](CC(C)C)N(C)C. The van der Waals surface area contributed by atoms with E-state index in [0.717, 1.165) is 6.42 Å². The third-order valence-electron chi connectivity index (χ3n) is 3.03. The summed E-state index contributed by atoms with van der Waals surface area (Å²) in [6, 6.07) is 0.376. The third kappa shape index (κ3) is 9.00. The number of likely N-dealkylation sites (N-methyl/N-ethyl adjacent to an activating group) is 1. The van der Waals surface area contributed by atoms with Crippen molar-refractivity contribution in [3.8, 4) is 0 Å². The first-order valence-corrected chi connectivity index (χ1v) is 7.29. The lowest BCUT2D eigenvalue weighted by atomic mass is 10.0. The van der Waals surface area contributed by atoms with E-state index in [2.05, 4.69) is 52.0 Å². The molecule has 0 unspecified atom stereocenters. The Hall–Kier alpha value is -0.610. The first-order valence-electron chi connectivity index (χ1n) is 7.29. The lowest BCUT2D eigenvalue weighted by Gasteiger charge is -2.27. The van der Waals surface area contributed by atoms with Crippen LogP contribution in [-0.4, -0.2) is 50.2 Å². The van der Waals surface area contributed by atoms with Crippen LogP contribution in [0.15, 0.2) is 0 Å². The molecule has 0 saturated carbocycles. The highest BCUT2D eigenvalue weighted by Crippen LogP contribution is 2.08. The van der Waals surface area contributed by atoms with Gasteiger partial charge in [0.15, 0.2) is 0 Å². The Morgan fingerprint density at radius 2 is 1.68 bits per heavy atom. The zero-order chi connectivity index (χ0) is 15.0. The first kappa shape index (κ1) is 18.4. The minimum absolute atomic E-state index is 0.0174. The second kappa shape index (κ2) is 9.32. The average molecular weight is 272 g/mol. The van der Waals surface area contributed by atoms with Gasteiger partial charge in [-0.05, 0) is 39.3 Å². The molecule has 0 aromatic carbocycles. The Balaban J connectivity index is 4.09. The van der Waals surface area contributed by atoms with E-state index >= 15 is 0 Å². The predicted octanol–water partition coefficient (Wildman–Crippen LogP) is 2.14. The highest BCUT2D eigenvalue weighted by molar-refractivity contribution is 5.80. The van der Waals surface area contributed by atoms with E-state index in [9.17, 15) is 4.79 Å². The molecule has 114 valence electrons. The van der Waals surface area contributed by atoms with Crippen LogP contribution < -0.4 is 5.32 Å². The Kier molecular flexibility index (Phi) is 9.02. The number of nitrogens with zero attached hydrogens (tertiary/aromatic N) is 1. The first-order chi connectivity index (χ1) is 8.73. The van der Waals surface area contributed by atoms with Crippen LogP contribution >= 0.6 is 0 Å². The molecule has 2 atom stereocenters. The van der Waals surface area contributed by atoms with Gasteiger partial charge in [-0.2, -0.15) is 0 Å². The summed E-state index contributed by atoms with van der Waals surface area (Å²) >= 11 is 0. The largest absolute Gasteiger partial charge is 0.368 e. The molecular weight excluding hydrogens is 240 g/mol. The van der Waals surface area contributed by atoms with Crippen molar-refractivity contribution in [3.05, 3.63) is 0 Å². The van der Waals surface area contributed by atoms with Crippen LogP contribution in [0.2, 0.25) is 0 Å². The van der Waals surface area contributed by atoms with E-state index in [1.807, 2.05) is 6.92 Å². The van der Waals surface area contributed by atoms with E-state index in [4.69, 9.17) is 4.74 Å². The second-order valence-electron chi connectivity index (χ2n) is 6.36.